The van der Waals surface area contributed by atoms with Crippen LogP contribution in [0.5, 0.6) is 0 Å². The van der Waals surface area contributed by atoms with Gasteiger partial charge in [0.1, 0.15) is 11.7 Å². The number of piperidine rings is 2. The quantitative estimate of drug-likeness (QED) is 0.785. The van der Waals surface area contributed by atoms with Gasteiger partial charge in [0.05, 0.1) is 6.20 Å². The lowest BCUT2D eigenvalue weighted by molar-refractivity contribution is -0.154. The second-order valence-corrected chi connectivity index (χ2v) is 7.12. The van der Waals surface area contributed by atoms with E-state index in [0.29, 0.717) is 45.3 Å². The fourth-order valence-electron chi connectivity index (χ4n) is 3.74. The van der Waals surface area contributed by atoms with Gasteiger partial charge < -0.3 is 19.9 Å². The number of carboxylic acid groups (broad SMARTS) is 1. The van der Waals surface area contributed by atoms with Gasteiger partial charge in [-0.1, -0.05) is 0 Å². The molecule has 0 bridgehead atoms. The van der Waals surface area contributed by atoms with E-state index < -0.39 is 12.0 Å². The third kappa shape index (κ3) is 3.47. The van der Waals surface area contributed by atoms with E-state index in [9.17, 15) is 24.3 Å². The van der Waals surface area contributed by atoms with Crippen LogP contribution in [-0.4, -0.2) is 68.3 Å². The zero-order valence-electron chi connectivity index (χ0n) is 14.6. The molecule has 9 heteroatoms. The number of hydrogen-bond acceptors (Lipinski definition) is 5. The number of likely N-dealkylation sites (tertiary alicyclic amines) is 2. The Balaban J connectivity index is 1.66. The molecule has 3 heterocycles. The lowest BCUT2D eigenvalue weighted by atomic mass is 9.72. The first kappa shape index (κ1) is 18.1. The van der Waals surface area contributed by atoms with E-state index in [4.69, 9.17) is 0 Å². The van der Waals surface area contributed by atoms with Crippen LogP contribution in [0.25, 0.3) is 0 Å². The molecule has 0 saturated carbocycles. The summed E-state index contributed by atoms with van der Waals surface area (Å²) in [7, 11) is 0. The minimum Gasteiger partial charge on any atom is -0.480 e. The summed E-state index contributed by atoms with van der Waals surface area (Å²) in [6.45, 7) is 2.98. The van der Waals surface area contributed by atoms with E-state index in [2.05, 4.69) is 9.97 Å². The number of hydrogen-bond donors (Lipinski definition) is 2. The molecule has 2 fully saturated rings. The van der Waals surface area contributed by atoms with Crippen molar-refractivity contribution in [1.29, 1.82) is 0 Å². The van der Waals surface area contributed by atoms with Crippen molar-refractivity contribution in [1.82, 2.24) is 19.8 Å². The molecule has 3 rings (SSSR count). The highest BCUT2D eigenvalue weighted by molar-refractivity contribution is 5.92. The Morgan fingerprint density at radius 2 is 1.96 bits per heavy atom. The third-order valence-electron chi connectivity index (χ3n) is 5.52. The van der Waals surface area contributed by atoms with Gasteiger partial charge in [-0.05, 0) is 31.6 Å². The molecule has 9 nitrogen and oxygen atoms in total. The molecular weight excluding hydrogens is 340 g/mol. The van der Waals surface area contributed by atoms with Crippen LogP contribution in [0.4, 0.5) is 0 Å². The lowest BCUT2D eigenvalue weighted by Crippen LogP contribution is -2.55. The van der Waals surface area contributed by atoms with E-state index >= 15 is 0 Å². The number of H-pyrrole nitrogens is 1. The normalized spacial score (nSPS) is 20.9. The molecular formula is C17H22N4O5. The number of carboxylic acids is 1. The Morgan fingerprint density at radius 1 is 1.27 bits per heavy atom. The van der Waals surface area contributed by atoms with Crippen LogP contribution in [0, 0.1) is 5.41 Å². The standard InChI is InChI=1S/C17H22N4O5/c1-11(16(25)26)21-10-17(3-2-14(21)23)4-6-20(7-5-17)15(24)12-8-19-13(22)9-18-12/h8-9,11H,2-7,10H2,1H3,(H,19,22)(H,25,26). The molecule has 2 aliphatic rings. The Kier molecular flexibility index (Phi) is 4.80. The molecule has 1 aromatic rings. The van der Waals surface area contributed by atoms with Crippen molar-refractivity contribution in [2.45, 2.75) is 38.6 Å². The number of amides is 2. The van der Waals surface area contributed by atoms with Gasteiger partial charge in [0.2, 0.25) is 5.91 Å². The van der Waals surface area contributed by atoms with E-state index in [1.165, 1.54) is 18.0 Å². The maximum Gasteiger partial charge on any atom is 0.326 e. The predicted octanol–water partition coefficient (Wildman–Crippen LogP) is 0.0878. The summed E-state index contributed by atoms with van der Waals surface area (Å²) in [5.74, 6) is -1.37. The van der Waals surface area contributed by atoms with Gasteiger partial charge in [0.25, 0.3) is 11.5 Å². The maximum absolute atomic E-state index is 12.5. The number of aromatic nitrogens is 2. The van der Waals surface area contributed by atoms with Gasteiger partial charge in [-0.3, -0.25) is 14.4 Å². The Labute approximate surface area is 150 Å². The van der Waals surface area contributed by atoms with E-state index in [1.54, 1.807) is 4.90 Å². The van der Waals surface area contributed by atoms with Crippen LogP contribution >= 0.6 is 0 Å². The summed E-state index contributed by atoms with van der Waals surface area (Å²) in [5, 5.41) is 9.22. The highest BCUT2D eigenvalue weighted by Gasteiger charge is 2.44. The number of rotatable bonds is 3. The van der Waals surface area contributed by atoms with Crippen LogP contribution in [-0.2, 0) is 9.59 Å². The molecule has 2 N–H and O–H groups in total. The molecule has 0 radical (unpaired) electrons. The lowest BCUT2D eigenvalue weighted by Gasteiger charge is -2.48. The zero-order chi connectivity index (χ0) is 18.9. The van der Waals surface area contributed by atoms with Crippen LogP contribution in [0.2, 0.25) is 0 Å². The van der Waals surface area contributed by atoms with E-state index in [0.717, 1.165) is 6.20 Å². The van der Waals surface area contributed by atoms with Crippen LogP contribution in [0.1, 0.15) is 43.1 Å². The van der Waals surface area contributed by atoms with Gasteiger partial charge in [-0.25, -0.2) is 9.78 Å². The SMILES string of the molecule is CC(C(=O)O)N1CC2(CCC1=O)CCN(C(=O)c1c[nH]c(=O)cn1)CC2. The Morgan fingerprint density at radius 3 is 2.54 bits per heavy atom. The smallest absolute Gasteiger partial charge is 0.326 e. The first-order valence-corrected chi connectivity index (χ1v) is 8.68. The topological polar surface area (TPSA) is 124 Å². The second kappa shape index (κ2) is 6.89. The van der Waals surface area contributed by atoms with Crippen molar-refractivity contribution in [2.24, 2.45) is 5.41 Å². The summed E-state index contributed by atoms with van der Waals surface area (Å²) < 4.78 is 0. The van der Waals surface area contributed by atoms with Crippen molar-refractivity contribution < 1.29 is 19.5 Å². The summed E-state index contributed by atoms with van der Waals surface area (Å²) >= 11 is 0. The molecule has 2 aliphatic heterocycles. The number of carbonyl (C=O) groups is 3. The summed E-state index contributed by atoms with van der Waals surface area (Å²) in [5.41, 5.74) is -0.313. The Bertz CT molecular complexity index is 761. The maximum atomic E-state index is 12.5. The van der Waals surface area contributed by atoms with E-state index in [1.807, 2.05) is 0 Å². The molecule has 2 amide bonds. The highest BCUT2D eigenvalue weighted by Crippen LogP contribution is 2.41. The third-order valence-corrected chi connectivity index (χ3v) is 5.52. The van der Waals surface area contributed by atoms with Gasteiger partial charge in [0.15, 0.2) is 0 Å². The van der Waals surface area contributed by atoms with Crippen LogP contribution in [0.3, 0.4) is 0 Å². The molecule has 1 atom stereocenters. The number of aromatic amines is 1. The predicted molar refractivity (Wildman–Crippen MR) is 90.5 cm³/mol. The van der Waals surface area contributed by atoms with Crippen molar-refractivity contribution >= 4 is 17.8 Å². The average Bonchev–Trinajstić information content (AvgIpc) is 2.64. The molecule has 140 valence electrons. The molecule has 2 saturated heterocycles. The molecule has 0 aliphatic carbocycles. The fourth-order valence-corrected chi connectivity index (χ4v) is 3.74. The minimum absolute atomic E-state index is 0.124. The summed E-state index contributed by atoms with van der Waals surface area (Å²) in [4.78, 5) is 56.4. The molecule has 1 aromatic heterocycles. The second-order valence-electron chi connectivity index (χ2n) is 7.12. The number of carbonyl (C=O) groups excluding carboxylic acids is 2. The monoisotopic (exact) mass is 362 g/mol. The summed E-state index contributed by atoms with van der Waals surface area (Å²) in [6.07, 6.45) is 4.86. The van der Waals surface area contributed by atoms with Gasteiger partial charge in [-0.15, -0.1) is 0 Å². The average molecular weight is 362 g/mol. The molecule has 0 aromatic carbocycles. The van der Waals surface area contributed by atoms with E-state index in [-0.39, 0.29) is 28.5 Å². The molecule has 1 spiro atoms. The molecule has 26 heavy (non-hydrogen) atoms. The largest absolute Gasteiger partial charge is 0.480 e. The van der Waals surface area contributed by atoms with Gasteiger partial charge in [-0.2, -0.15) is 0 Å². The number of aliphatic carboxylic acids is 1. The highest BCUT2D eigenvalue weighted by atomic mass is 16.4. The Hall–Kier alpha value is -2.71. The van der Waals surface area contributed by atoms with Gasteiger partial charge in [0, 0.05) is 32.3 Å². The molecule has 1 unspecified atom stereocenters. The van der Waals surface area contributed by atoms with Crippen LogP contribution < -0.4 is 5.56 Å². The van der Waals surface area contributed by atoms with Crippen LogP contribution in [0.15, 0.2) is 17.2 Å². The zero-order valence-corrected chi connectivity index (χ0v) is 14.6. The van der Waals surface area contributed by atoms with Gasteiger partial charge >= 0.3 is 5.97 Å². The fraction of sp³-hybridized carbons (Fsp3) is 0.588. The first-order valence-electron chi connectivity index (χ1n) is 8.68. The summed E-state index contributed by atoms with van der Waals surface area (Å²) in [6, 6.07) is -0.843. The minimum atomic E-state index is -1.01. The number of nitrogens with one attached hydrogen (secondary N) is 1. The van der Waals surface area contributed by atoms with Crippen molar-refractivity contribution in [3.8, 4) is 0 Å². The van der Waals surface area contributed by atoms with Crippen molar-refractivity contribution in [3.63, 3.8) is 0 Å². The number of nitrogens with zero attached hydrogens (tertiary/aromatic N) is 3. The van der Waals surface area contributed by atoms with Crippen molar-refractivity contribution in [2.75, 3.05) is 19.6 Å². The van der Waals surface area contributed by atoms with Crippen molar-refractivity contribution in [3.05, 3.63) is 28.4 Å². The first-order chi connectivity index (χ1) is 12.3.